The molecule has 0 radical (unpaired) electrons. The number of aryl methyl sites for hydroxylation is 1. The number of hydrogen-bond donors (Lipinski definition) is 6. The van der Waals surface area contributed by atoms with Gasteiger partial charge in [-0.15, -0.1) is 0 Å². The number of H-pyrrole nitrogens is 1. The van der Waals surface area contributed by atoms with Crippen molar-refractivity contribution in [3.05, 3.63) is 32.6 Å². The van der Waals surface area contributed by atoms with E-state index in [1.807, 2.05) is 0 Å². The third-order valence-electron chi connectivity index (χ3n) is 3.98. The highest BCUT2D eigenvalue weighted by Gasteiger charge is 2.43. The Balaban J connectivity index is 2.11. The van der Waals surface area contributed by atoms with Gasteiger partial charge in [0.1, 0.15) is 6.23 Å². The first kappa shape index (κ1) is 26.3. The van der Waals surface area contributed by atoms with Gasteiger partial charge in [0, 0.05) is 24.2 Å². The van der Waals surface area contributed by atoms with Gasteiger partial charge in [-0.25, -0.2) is 18.5 Å². The largest absolute Gasteiger partial charge is 0.490 e. The highest BCUT2D eigenvalue weighted by atomic mass is 31.3. The second-order valence-electron chi connectivity index (χ2n) is 6.39. The van der Waals surface area contributed by atoms with Crippen LogP contribution in [0.15, 0.2) is 15.8 Å². The number of ether oxygens (including phenoxy) is 1. The fraction of sp³-hybridized carbons (Fsp3) is 0.667. The maximum absolute atomic E-state index is 12.1. The Labute approximate surface area is 174 Å². The van der Waals surface area contributed by atoms with Crippen molar-refractivity contribution in [3.63, 3.8) is 0 Å². The van der Waals surface area contributed by atoms with Gasteiger partial charge in [-0.1, -0.05) is 6.92 Å². The number of phosphoric acid groups is 3. The molecule has 1 aromatic rings. The van der Waals surface area contributed by atoms with Crippen LogP contribution in [0.2, 0.25) is 0 Å². The molecule has 2 rings (SSSR count). The van der Waals surface area contributed by atoms with Crippen molar-refractivity contribution in [2.24, 2.45) is 0 Å². The monoisotopic (exact) mass is 509 g/mol. The number of aromatic amines is 1. The van der Waals surface area contributed by atoms with E-state index in [0.717, 1.165) is 4.57 Å². The molecule has 1 aliphatic heterocycles. The third-order valence-corrected chi connectivity index (χ3v) is 7.78. The Morgan fingerprint density at radius 3 is 2.42 bits per heavy atom. The molecule has 0 spiro atoms. The fourth-order valence-electron chi connectivity index (χ4n) is 2.80. The van der Waals surface area contributed by atoms with E-state index >= 15 is 0 Å². The fourth-order valence-corrected chi connectivity index (χ4v) is 5.83. The SMILES string of the molecule is CCN[C@H]1C[C@H](n2cc(C)c(=O)[nH]c2=O)O[C@@H]1COP(=O)(O)OP(=O)(O)OP(=O)(O)O. The van der Waals surface area contributed by atoms with Gasteiger partial charge in [-0.3, -0.25) is 18.9 Å². The molecule has 178 valence electrons. The van der Waals surface area contributed by atoms with Gasteiger partial charge in [-0.2, -0.15) is 8.62 Å². The molecule has 0 aliphatic carbocycles. The minimum atomic E-state index is -5.64. The van der Waals surface area contributed by atoms with Crippen molar-refractivity contribution in [1.29, 1.82) is 0 Å². The molecule has 5 atom stereocenters. The Morgan fingerprint density at radius 2 is 1.84 bits per heavy atom. The first-order valence-electron chi connectivity index (χ1n) is 8.62. The second-order valence-corrected chi connectivity index (χ2v) is 10.8. The number of phosphoric ester groups is 1. The zero-order valence-corrected chi connectivity index (χ0v) is 18.9. The van der Waals surface area contributed by atoms with Crippen LogP contribution < -0.4 is 16.6 Å². The van der Waals surface area contributed by atoms with Crippen LogP contribution in [0.5, 0.6) is 0 Å². The molecule has 31 heavy (non-hydrogen) atoms. The Bertz CT molecular complexity index is 1050. The lowest BCUT2D eigenvalue weighted by Gasteiger charge is -2.21. The number of nitrogens with zero attached hydrogens (tertiary/aromatic N) is 1. The van der Waals surface area contributed by atoms with E-state index in [4.69, 9.17) is 14.5 Å². The summed E-state index contributed by atoms with van der Waals surface area (Å²) in [5, 5.41) is 3.02. The Kier molecular flexibility index (Phi) is 8.37. The molecule has 1 aromatic heterocycles. The van der Waals surface area contributed by atoms with E-state index in [0.29, 0.717) is 6.54 Å². The van der Waals surface area contributed by atoms with Gasteiger partial charge in [-0.05, 0) is 13.5 Å². The van der Waals surface area contributed by atoms with Crippen LogP contribution in [0.1, 0.15) is 25.1 Å². The lowest BCUT2D eigenvalue weighted by atomic mass is 10.1. The lowest BCUT2D eigenvalue weighted by Crippen LogP contribution is -2.38. The van der Waals surface area contributed by atoms with Crippen LogP contribution >= 0.6 is 23.5 Å². The predicted molar refractivity (Wildman–Crippen MR) is 102 cm³/mol. The van der Waals surface area contributed by atoms with E-state index in [9.17, 15) is 33.1 Å². The Hall–Kier alpha value is -0.990. The highest BCUT2D eigenvalue weighted by molar-refractivity contribution is 7.66. The molecule has 1 saturated heterocycles. The first-order chi connectivity index (χ1) is 14.1. The van der Waals surface area contributed by atoms with Gasteiger partial charge in [0.2, 0.25) is 0 Å². The quantitative estimate of drug-likeness (QED) is 0.217. The smallest absolute Gasteiger partial charge is 0.351 e. The van der Waals surface area contributed by atoms with Crippen LogP contribution in [-0.2, 0) is 31.6 Å². The molecular formula is C12H22N3O13P3. The summed E-state index contributed by atoms with van der Waals surface area (Å²) < 4.78 is 52.6. The second kappa shape index (κ2) is 9.87. The highest BCUT2D eigenvalue weighted by Crippen LogP contribution is 2.66. The summed E-state index contributed by atoms with van der Waals surface area (Å²) >= 11 is 0. The number of likely N-dealkylation sites (N-methyl/N-ethyl adjacent to an activating group) is 1. The van der Waals surface area contributed by atoms with Gasteiger partial charge < -0.3 is 29.6 Å². The number of nitrogens with one attached hydrogen (secondary N) is 2. The van der Waals surface area contributed by atoms with E-state index in [1.165, 1.54) is 13.1 Å². The van der Waals surface area contributed by atoms with Gasteiger partial charge in [0.05, 0.1) is 12.7 Å². The summed E-state index contributed by atoms with van der Waals surface area (Å²) in [6.45, 7) is 3.03. The minimum absolute atomic E-state index is 0.198. The summed E-state index contributed by atoms with van der Waals surface area (Å²) in [5.41, 5.74) is -1.05. The summed E-state index contributed by atoms with van der Waals surface area (Å²) in [5.74, 6) is 0. The van der Waals surface area contributed by atoms with Crippen LogP contribution in [0.25, 0.3) is 0 Å². The average molecular weight is 509 g/mol. The molecule has 0 aromatic carbocycles. The molecule has 19 heteroatoms. The van der Waals surface area contributed by atoms with Crippen LogP contribution in [-0.4, -0.2) is 54.4 Å². The molecule has 6 N–H and O–H groups in total. The molecular weight excluding hydrogens is 487 g/mol. The molecule has 2 unspecified atom stereocenters. The minimum Gasteiger partial charge on any atom is -0.351 e. The van der Waals surface area contributed by atoms with E-state index in [-0.39, 0.29) is 12.0 Å². The van der Waals surface area contributed by atoms with Crippen LogP contribution in [0.4, 0.5) is 0 Å². The predicted octanol–water partition coefficient (Wildman–Crippen LogP) is -0.546. The summed E-state index contributed by atoms with van der Waals surface area (Å²) in [6.07, 6.45) is -0.334. The maximum atomic E-state index is 12.1. The summed E-state index contributed by atoms with van der Waals surface area (Å²) in [7, 11) is -16.5. The van der Waals surface area contributed by atoms with Crippen molar-refractivity contribution in [3.8, 4) is 0 Å². The molecule has 16 nitrogen and oxygen atoms in total. The van der Waals surface area contributed by atoms with E-state index in [1.54, 1.807) is 6.92 Å². The van der Waals surface area contributed by atoms with E-state index < -0.39 is 59.7 Å². The zero-order chi connectivity index (χ0) is 23.6. The van der Waals surface area contributed by atoms with Gasteiger partial charge in [0.25, 0.3) is 5.56 Å². The lowest BCUT2D eigenvalue weighted by molar-refractivity contribution is -0.0285. The van der Waals surface area contributed by atoms with Crippen molar-refractivity contribution < 1.29 is 51.2 Å². The van der Waals surface area contributed by atoms with Crippen molar-refractivity contribution in [2.45, 2.75) is 38.6 Å². The third kappa shape index (κ3) is 7.82. The molecule has 0 bridgehead atoms. The summed E-state index contributed by atoms with van der Waals surface area (Å²) in [4.78, 5) is 61.6. The van der Waals surface area contributed by atoms with Gasteiger partial charge >= 0.3 is 29.2 Å². The number of rotatable bonds is 10. The average Bonchev–Trinajstić information content (AvgIpc) is 2.96. The number of aromatic nitrogens is 2. The normalized spacial score (nSPS) is 25.8. The molecule has 0 amide bonds. The van der Waals surface area contributed by atoms with Crippen molar-refractivity contribution in [2.75, 3.05) is 13.2 Å². The first-order valence-corrected chi connectivity index (χ1v) is 13.1. The number of hydrogen-bond acceptors (Lipinski definition) is 10. The molecule has 1 aliphatic rings. The van der Waals surface area contributed by atoms with Gasteiger partial charge in [0.15, 0.2) is 0 Å². The zero-order valence-electron chi connectivity index (χ0n) is 16.2. The molecule has 2 heterocycles. The molecule has 0 saturated carbocycles. The standard InChI is InChI=1S/C12H22N3O13P3/c1-3-13-8-4-10(15-5-7(2)11(16)14-12(15)17)26-9(8)6-25-30(21,22)28-31(23,24)27-29(18,19)20/h5,8-10,13H,3-4,6H2,1-2H3,(H,21,22)(H,23,24)(H,14,16,17)(H2,18,19,20)/t8-,9+,10+/m0/s1. The van der Waals surface area contributed by atoms with Crippen molar-refractivity contribution in [1.82, 2.24) is 14.9 Å². The Morgan fingerprint density at radius 1 is 1.19 bits per heavy atom. The van der Waals surface area contributed by atoms with E-state index in [2.05, 4.69) is 23.4 Å². The van der Waals surface area contributed by atoms with Crippen molar-refractivity contribution >= 4 is 23.5 Å². The summed E-state index contributed by atoms with van der Waals surface area (Å²) in [6, 6.07) is -0.499. The topological polar surface area (TPSA) is 236 Å². The molecule has 1 fully saturated rings. The van der Waals surface area contributed by atoms with Crippen LogP contribution in [0.3, 0.4) is 0 Å². The van der Waals surface area contributed by atoms with Crippen LogP contribution in [0, 0.1) is 6.92 Å². The maximum Gasteiger partial charge on any atom is 0.490 e.